The first-order valence-corrected chi connectivity index (χ1v) is 8.08. The lowest BCUT2D eigenvalue weighted by Gasteiger charge is -2.07. The Hall–Kier alpha value is -1.46. The predicted molar refractivity (Wildman–Crippen MR) is 84.6 cm³/mol. The summed E-state index contributed by atoms with van der Waals surface area (Å²) in [6.07, 6.45) is 2.18. The van der Waals surface area contributed by atoms with Gasteiger partial charge in [0.1, 0.15) is 6.61 Å². The van der Waals surface area contributed by atoms with Gasteiger partial charge in [0.15, 0.2) is 0 Å². The van der Waals surface area contributed by atoms with E-state index in [1.165, 1.54) is 4.70 Å². The van der Waals surface area contributed by atoms with Gasteiger partial charge in [0.25, 0.3) is 0 Å². The Balaban J connectivity index is 1.65. The topological polar surface area (TPSA) is 48.4 Å². The van der Waals surface area contributed by atoms with Crippen molar-refractivity contribution in [3.05, 3.63) is 29.3 Å². The molecule has 0 unspecified atom stereocenters. The highest BCUT2D eigenvalue weighted by Crippen LogP contribution is 2.22. The normalized spacial score (nSPS) is 11.2. The molecule has 0 amide bonds. The first kappa shape index (κ1) is 15.9. The van der Waals surface area contributed by atoms with Crippen LogP contribution in [0.25, 0.3) is 10.2 Å². The summed E-state index contributed by atoms with van der Waals surface area (Å²) in [5.41, 5.74) is 1.03. The summed E-state index contributed by atoms with van der Waals surface area (Å²) in [5, 5.41) is 1.08. The zero-order chi connectivity index (χ0) is 15.1. The zero-order valence-corrected chi connectivity index (χ0v) is 13.3. The third-order valence-electron chi connectivity index (χ3n) is 2.91. The van der Waals surface area contributed by atoms with Gasteiger partial charge < -0.3 is 9.47 Å². The number of aryl methyl sites for hydroxylation is 1. The Kier molecular flexibility index (Phi) is 6.14. The van der Waals surface area contributed by atoms with Crippen molar-refractivity contribution in [1.82, 2.24) is 4.98 Å². The van der Waals surface area contributed by atoms with Crippen LogP contribution in [0.15, 0.2) is 24.3 Å². The highest BCUT2D eigenvalue weighted by molar-refractivity contribution is 7.18. The summed E-state index contributed by atoms with van der Waals surface area (Å²) in [4.78, 5) is 16.1. The third-order valence-corrected chi connectivity index (χ3v) is 4.00. The molecule has 0 N–H and O–H groups in total. The molecule has 1 aromatic carbocycles. The van der Waals surface area contributed by atoms with Crippen LogP contribution < -0.4 is 0 Å². The van der Waals surface area contributed by atoms with Crippen LogP contribution in [0.5, 0.6) is 0 Å². The average molecular weight is 307 g/mol. The van der Waals surface area contributed by atoms with E-state index >= 15 is 0 Å². The van der Waals surface area contributed by atoms with E-state index in [-0.39, 0.29) is 12.1 Å². The van der Waals surface area contributed by atoms with Crippen LogP contribution in [0.2, 0.25) is 0 Å². The molecule has 5 heteroatoms. The van der Waals surface area contributed by atoms with Gasteiger partial charge in [0, 0.05) is 6.42 Å². The van der Waals surface area contributed by atoms with Gasteiger partial charge in [-0.05, 0) is 38.8 Å². The standard InChI is InChI=1S/C16H21NO3S/c1-12(2)19-10-11-20-16(18)9-5-8-15-17-13-6-3-4-7-14(13)21-15/h3-4,6-7,12H,5,8-11H2,1-2H3. The zero-order valence-electron chi connectivity index (χ0n) is 12.5. The molecule has 0 aliphatic rings. The lowest BCUT2D eigenvalue weighted by Crippen LogP contribution is -2.13. The summed E-state index contributed by atoms with van der Waals surface area (Å²) in [5.74, 6) is -0.163. The lowest BCUT2D eigenvalue weighted by atomic mass is 10.2. The molecule has 21 heavy (non-hydrogen) atoms. The number of ether oxygens (including phenoxy) is 2. The van der Waals surface area contributed by atoms with E-state index in [0.717, 1.165) is 23.4 Å². The number of fused-ring (bicyclic) bond motifs is 1. The van der Waals surface area contributed by atoms with Crippen molar-refractivity contribution in [1.29, 1.82) is 0 Å². The van der Waals surface area contributed by atoms with Crippen molar-refractivity contribution in [3.63, 3.8) is 0 Å². The van der Waals surface area contributed by atoms with Crippen molar-refractivity contribution in [3.8, 4) is 0 Å². The molecule has 0 aliphatic heterocycles. The van der Waals surface area contributed by atoms with Crippen molar-refractivity contribution in [2.75, 3.05) is 13.2 Å². The molecule has 1 heterocycles. The maximum atomic E-state index is 11.6. The maximum absolute atomic E-state index is 11.6. The van der Waals surface area contributed by atoms with Crippen molar-refractivity contribution in [2.24, 2.45) is 0 Å². The Morgan fingerprint density at radius 1 is 1.29 bits per heavy atom. The Morgan fingerprint density at radius 3 is 2.86 bits per heavy atom. The van der Waals surface area contributed by atoms with Gasteiger partial charge in [-0.25, -0.2) is 4.98 Å². The number of nitrogens with zero attached hydrogens (tertiary/aromatic N) is 1. The molecule has 2 rings (SSSR count). The maximum Gasteiger partial charge on any atom is 0.305 e. The molecule has 1 aromatic heterocycles. The third kappa shape index (κ3) is 5.44. The highest BCUT2D eigenvalue weighted by atomic mass is 32.1. The molecular weight excluding hydrogens is 286 g/mol. The summed E-state index contributed by atoms with van der Waals surface area (Å²) in [7, 11) is 0. The number of esters is 1. The number of hydrogen-bond donors (Lipinski definition) is 0. The Bertz CT molecular complexity index is 547. The van der Waals surface area contributed by atoms with E-state index in [9.17, 15) is 4.79 Å². The van der Waals surface area contributed by atoms with Gasteiger partial charge in [-0.15, -0.1) is 11.3 Å². The minimum absolute atomic E-state index is 0.163. The van der Waals surface area contributed by atoms with Crippen molar-refractivity contribution < 1.29 is 14.3 Å². The molecule has 0 atom stereocenters. The minimum Gasteiger partial charge on any atom is -0.463 e. The predicted octanol–water partition coefficient (Wildman–Crippen LogP) is 3.59. The summed E-state index contributed by atoms with van der Waals surface area (Å²) in [6, 6.07) is 8.08. The quantitative estimate of drug-likeness (QED) is 0.552. The largest absolute Gasteiger partial charge is 0.463 e. The van der Waals surface area contributed by atoms with Crippen LogP contribution in [0.3, 0.4) is 0 Å². The molecule has 0 bridgehead atoms. The second kappa shape index (κ2) is 8.10. The number of para-hydroxylation sites is 1. The van der Waals surface area contributed by atoms with E-state index in [4.69, 9.17) is 9.47 Å². The Morgan fingerprint density at radius 2 is 2.10 bits per heavy atom. The van der Waals surface area contributed by atoms with Crippen LogP contribution in [0.4, 0.5) is 0 Å². The summed E-state index contributed by atoms with van der Waals surface area (Å²) >= 11 is 1.69. The molecule has 0 spiro atoms. The number of aromatic nitrogens is 1. The van der Waals surface area contributed by atoms with Gasteiger partial charge in [-0.2, -0.15) is 0 Å². The smallest absolute Gasteiger partial charge is 0.305 e. The highest BCUT2D eigenvalue weighted by Gasteiger charge is 2.06. The SMILES string of the molecule is CC(C)OCCOC(=O)CCCc1nc2ccccc2s1. The first-order chi connectivity index (χ1) is 10.1. The van der Waals surface area contributed by atoms with E-state index < -0.39 is 0 Å². The molecule has 0 saturated heterocycles. The van der Waals surface area contributed by atoms with Gasteiger partial charge in [0.2, 0.25) is 0 Å². The monoisotopic (exact) mass is 307 g/mol. The first-order valence-electron chi connectivity index (χ1n) is 7.27. The average Bonchev–Trinajstić information content (AvgIpc) is 2.86. The van der Waals surface area contributed by atoms with Crippen LogP contribution in [0.1, 0.15) is 31.7 Å². The molecule has 0 saturated carbocycles. The van der Waals surface area contributed by atoms with Crippen LogP contribution in [-0.4, -0.2) is 30.3 Å². The number of carbonyl (C=O) groups excluding carboxylic acids is 1. The Labute approximate surface area is 129 Å². The molecule has 2 aromatic rings. The molecule has 0 aliphatic carbocycles. The van der Waals surface area contributed by atoms with Gasteiger partial charge in [0.05, 0.1) is 27.9 Å². The van der Waals surface area contributed by atoms with Crippen LogP contribution >= 0.6 is 11.3 Å². The fraction of sp³-hybridized carbons (Fsp3) is 0.500. The fourth-order valence-corrected chi connectivity index (χ4v) is 2.93. The van der Waals surface area contributed by atoms with E-state index in [0.29, 0.717) is 19.6 Å². The summed E-state index contributed by atoms with van der Waals surface area (Å²) < 4.78 is 11.6. The molecule has 0 fully saturated rings. The van der Waals surface area contributed by atoms with Gasteiger partial charge >= 0.3 is 5.97 Å². The van der Waals surface area contributed by atoms with Crippen molar-refractivity contribution >= 4 is 27.5 Å². The second-order valence-electron chi connectivity index (χ2n) is 5.07. The number of benzene rings is 1. The second-order valence-corrected chi connectivity index (χ2v) is 6.18. The number of rotatable bonds is 8. The minimum atomic E-state index is -0.163. The number of carbonyl (C=O) groups is 1. The van der Waals surface area contributed by atoms with Gasteiger partial charge in [-0.1, -0.05) is 12.1 Å². The fourth-order valence-electron chi connectivity index (χ4n) is 1.92. The summed E-state index contributed by atoms with van der Waals surface area (Å²) in [6.45, 7) is 4.71. The van der Waals surface area contributed by atoms with E-state index in [1.54, 1.807) is 11.3 Å². The number of hydrogen-bond acceptors (Lipinski definition) is 5. The van der Waals surface area contributed by atoms with Crippen molar-refractivity contribution in [2.45, 2.75) is 39.2 Å². The molecular formula is C16H21NO3S. The molecule has 4 nitrogen and oxygen atoms in total. The van der Waals surface area contributed by atoms with Crippen LogP contribution in [0, 0.1) is 0 Å². The van der Waals surface area contributed by atoms with E-state index in [2.05, 4.69) is 11.1 Å². The number of thiazole rings is 1. The van der Waals surface area contributed by atoms with Crippen LogP contribution in [-0.2, 0) is 20.7 Å². The van der Waals surface area contributed by atoms with Gasteiger partial charge in [-0.3, -0.25) is 4.79 Å². The molecule has 0 radical (unpaired) electrons. The van der Waals surface area contributed by atoms with E-state index in [1.807, 2.05) is 32.0 Å². The lowest BCUT2D eigenvalue weighted by molar-refractivity contribution is -0.145. The molecule has 114 valence electrons.